The summed E-state index contributed by atoms with van der Waals surface area (Å²) in [5.74, 6) is -14.0. The van der Waals surface area contributed by atoms with Gasteiger partial charge in [0.05, 0.1) is 22.6 Å². The molecule has 1 unspecified atom stereocenters. The van der Waals surface area contributed by atoms with Gasteiger partial charge >= 0.3 is 41.8 Å². The zero-order valence-electron chi connectivity index (χ0n) is 24.8. The number of carbonyl (C=O) groups excluding carboxylic acids is 1. The number of aliphatic carboxylic acids is 4. The summed E-state index contributed by atoms with van der Waals surface area (Å²) in [6, 6.07) is 10.0. The van der Waals surface area contributed by atoms with Crippen LogP contribution in [0.5, 0.6) is 5.75 Å². The summed E-state index contributed by atoms with van der Waals surface area (Å²) in [5, 5.41) is 55.5. The van der Waals surface area contributed by atoms with Crippen molar-refractivity contribution in [1.29, 1.82) is 0 Å². The lowest BCUT2D eigenvalue weighted by molar-refractivity contribution is -0.186. The van der Waals surface area contributed by atoms with E-state index in [1.807, 2.05) is 0 Å². The second-order valence-electron chi connectivity index (χ2n) is 10.7. The van der Waals surface area contributed by atoms with Crippen LogP contribution in [-0.4, -0.2) is 72.4 Å². The number of unbranched alkanes of at least 4 members (excludes halogenated alkanes) is 8. The van der Waals surface area contributed by atoms with Crippen molar-refractivity contribution < 1.29 is 68.9 Å². The Hall–Kier alpha value is -5.27. The highest BCUT2D eigenvalue weighted by molar-refractivity contribution is 6.18. The van der Waals surface area contributed by atoms with E-state index in [-0.39, 0.29) is 24.2 Å². The van der Waals surface area contributed by atoms with Crippen molar-refractivity contribution in [2.24, 2.45) is 11.3 Å². The summed E-state index contributed by atoms with van der Waals surface area (Å²) in [5.41, 5.74) is -3.49. The van der Waals surface area contributed by atoms with Gasteiger partial charge in [-0.2, -0.15) is 0 Å². The van der Waals surface area contributed by atoms with E-state index in [2.05, 4.69) is 0 Å². The highest BCUT2D eigenvalue weighted by Gasteiger charge is 2.62. The summed E-state index contributed by atoms with van der Waals surface area (Å²) in [6.45, 7) is 0. The fourth-order valence-corrected chi connectivity index (χ4v) is 5.09. The van der Waals surface area contributed by atoms with Crippen molar-refractivity contribution in [1.82, 2.24) is 0 Å². The third-order valence-electron chi connectivity index (χ3n) is 7.64. The number of aryl methyl sites for hydroxylation is 1. The fraction of sp³-hybridized carbons (Fsp3) is 0.406. The minimum absolute atomic E-state index is 0.100. The molecule has 14 nitrogen and oxygen atoms in total. The van der Waals surface area contributed by atoms with E-state index in [1.54, 1.807) is 24.3 Å². The Morgan fingerprint density at radius 1 is 0.587 bits per heavy atom. The van der Waals surface area contributed by atoms with Gasteiger partial charge < -0.3 is 35.4 Å². The number of rotatable bonds is 21. The minimum Gasteiger partial charge on any atom is -0.481 e. The third kappa shape index (κ3) is 9.61. The zero-order valence-corrected chi connectivity index (χ0v) is 24.8. The molecule has 0 fully saturated rings. The number of esters is 1. The van der Waals surface area contributed by atoms with Gasteiger partial charge in [-0.25, -0.2) is 14.4 Å². The highest BCUT2D eigenvalue weighted by Crippen LogP contribution is 2.34. The van der Waals surface area contributed by atoms with Crippen molar-refractivity contribution >= 4 is 41.8 Å². The molecule has 0 amide bonds. The first kappa shape index (κ1) is 36.9. The summed E-state index contributed by atoms with van der Waals surface area (Å²) in [4.78, 5) is 81.0. The SMILES string of the molecule is O=C(Oc1ccc(CCCCCCCCCCCC(C(=O)O)C(C(=O)O)(C(=O)O)C(=O)O)cc1)c1ccc(C(=O)O)c(C(=O)O)c1. The molecule has 0 spiro atoms. The zero-order chi connectivity index (χ0) is 34.4. The van der Waals surface area contributed by atoms with Crippen LogP contribution < -0.4 is 4.74 Å². The van der Waals surface area contributed by atoms with E-state index in [0.717, 1.165) is 62.6 Å². The van der Waals surface area contributed by atoms with Gasteiger partial charge in [0.1, 0.15) is 5.75 Å². The van der Waals surface area contributed by atoms with Crippen LogP contribution in [0.25, 0.3) is 0 Å². The third-order valence-corrected chi connectivity index (χ3v) is 7.64. The Morgan fingerprint density at radius 2 is 1.07 bits per heavy atom. The van der Waals surface area contributed by atoms with E-state index in [4.69, 9.17) is 9.84 Å². The Kier molecular flexibility index (Phi) is 13.9. The van der Waals surface area contributed by atoms with Gasteiger partial charge in [-0.3, -0.25) is 19.2 Å². The van der Waals surface area contributed by atoms with Gasteiger partial charge in [-0.15, -0.1) is 0 Å². The lowest BCUT2D eigenvalue weighted by Gasteiger charge is -2.26. The van der Waals surface area contributed by atoms with Gasteiger partial charge in [0.15, 0.2) is 0 Å². The molecule has 2 aromatic rings. The maximum absolute atomic E-state index is 12.4. The summed E-state index contributed by atoms with van der Waals surface area (Å²) >= 11 is 0. The molecule has 2 rings (SSSR count). The average molecular weight is 645 g/mol. The number of carboxylic acid groups (broad SMARTS) is 6. The molecule has 6 N–H and O–H groups in total. The van der Waals surface area contributed by atoms with Crippen LogP contribution >= 0.6 is 0 Å². The van der Waals surface area contributed by atoms with Crippen LogP contribution in [0.15, 0.2) is 42.5 Å². The van der Waals surface area contributed by atoms with E-state index in [1.165, 1.54) is 6.07 Å². The van der Waals surface area contributed by atoms with Crippen molar-refractivity contribution in [3.8, 4) is 5.75 Å². The molecule has 0 saturated heterocycles. The second-order valence-corrected chi connectivity index (χ2v) is 10.7. The Morgan fingerprint density at radius 3 is 1.52 bits per heavy atom. The molecule has 0 bridgehead atoms. The lowest BCUT2D eigenvalue weighted by atomic mass is 9.72. The quantitative estimate of drug-likeness (QED) is 0.0467. The molecular weight excluding hydrogens is 608 g/mol. The van der Waals surface area contributed by atoms with Crippen LogP contribution in [0.3, 0.4) is 0 Å². The van der Waals surface area contributed by atoms with Crippen LogP contribution in [0.2, 0.25) is 0 Å². The Balaban J connectivity index is 1.67. The van der Waals surface area contributed by atoms with Crippen LogP contribution in [0.4, 0.5) is 0 Å². The van der Waals surface area contributed by atoms with E-state index in [9.17, 15) is 59.1 Å². The molecule has 0 radical (unpaired) electrons. The maximum atomic E-state index is 12.4. The summed E-state index contributed by atoms with van der Waals surface area (Å²) in [6.07, 6.45) is 7.37. The number of benzene rings is 2. The molecule has 14 heteroatoms. The fourth-order valence-electron chi connectivity index (χ4n) is 5.09. The van der Waals surface area contributed by atoms with Crippen molar-refractivity contribution in [2.75, 3.05) is 0 Å². The van der Waals surface area contributed by atoms with Crippen LogP contribution in [-0.2, 0) is 25.6 Å². The second kappa shape index (κ2) is 17.3. The molecule has 2 aromatic carbocycles. The van der Waals surface area contributed by atoms with Crippen LogP contribution in [0, 0.1) is 11.3 Å². The largest absolute Gasteiger partial charge is 0.481 e. The van der Waals surface area contributed by atoms with Gasteiger partial charge in [0, 0.05) is 0 Å². The minimum atomic E-state index is -3.45. The summed E-state index contributed by atoms with van der Waals surface area (Å²) < 4.78 is 5.28. The van der Waals surface area contributed by atoms with E-state index in [0.29, 0.717) is 12.8 Å². The molecule has 1 atom stereocenters. The number of hydrogen-bond donors (Lipinski definition) is 6. The van der Waals surface area contributed by atoms with Gasteiger partial charge in [0.2, 0.25) is 0 Å². The molecular formula is C32H36O14. The average Bonchev–Trinajstić information content (AvgIpc) is 2.98. The molecule has 0 heterocycles. The van der Waals surface area contributed by atoms with Gasteiger partial charge in [-0.05, 0) is 55.2 Å². The lowest BCUT2D eigenvalue weighted by Crippen LogP contribution is -2.54. The predicted molar refractivity (Wildman–Crippen MR) is 158 cm³/mol. The van der Waals surface area contributed by atoms with Crippen molar-refractivity contribution in [2.45, 2.75) is 70.6 Å². The first-order valence-electron chi connectivity index (χ1n) is 14.6. The smallest absolute Gasteiger partial charge is 0.343 e. The summed E-state index contributed by atoms with van der Waals surface area (Å²) in [7, 11) is 0. The number of ether oxygens (including phenoxy) is 1. The number of carbonyl (C=O) groups is 7. The van der Waals surface area contributed by atoms with Crippen LogP contribution in [0.1, 0.15) is 101 Å². The van der Waals surface area contributed by atoms with E-state index < -0.39 is 64.2 Å². The molecule has 46 heavy (non-hydrogen) atoms. The topological polar surface area (TPSA) is 250 Å². The first-order valence-corrected chi connectivity index (χ1v) is 14.6. The molecule has 0 saturated carbocycles. The Labute approximate surface area is 263 Å². The van der Waals surface area contributed by atoms with E-state index >= 15 is 0 Å². The monoisotopic (exact) mass is 644 g/mol. The number of hydrogen-bond acceptors (Lipinski definition) is 8. The number of aromatic carboxylic acids is 2. The predicted octanol–water partition coefficient (Wildman–Crippen LogP) is 4.69. The van der Waals surface area contributed by atoms with Crippen molar-refractivity contribution in [3.63, 3.8) is 0 Å². The standard InChI is InChI=1S/C32H36O14/c33-25(34)22-17-14-20(18-23(22)26(35)36)28(39)46-21-15-12-19(13-16-21)10-8-6-4-2-1-3-5-7-9-11-24(27(37)38)32(29(40)41,30(42)43)31(44)45/h12-18,24H,1-11H2,(H,33,34)(H,35,36)(H,37,38)(H,40,41)(H,42,43)(H,44,45). The van der Waals surface area contributed by atoms with Crippen molar-refractivity contribution in [3.05, 3.63) is 64.7 Å². The molecule has 0 aliphatic carbocycles. The molecule has 0 aromatic heterocycles. The molecule has 0 aliphatic heterocycles. The van der Waals surface area contributed by atoms with Gasteiger partial charge in [-0.1, -0.05) is 63.5 Å². The first-order chi connectivity index (χ1) is 21.7. The maximum Gasteiger partial charge on any atom is 0.343 e. The highest BCUT2D eigenvalue weighted by atomic mass is 16.5. The molecule has 248 valence electrons. The Bertz CT molecular complexity index is 1410. The number of carboxylic acids is 6. The van der Waals surface area contributed by atoms with Gasteiger partial charge in [0.25, 0.3) is 5.41 Å². The molecule has 0 aliphatic rings. The normalized spacial score (nSPS) is 11.7.